The lowest BCUT2D eigenvalue weighted by molar-refractivity contribution is -0.119. The molecule has 0 amide bonds. The molecule has 0 spiro atoms. The van der Waals surface area contributed by atoms with Crippen molar-refractivity contribution >= 4 is 11.6 Å². The third-order valence-corrected chi connectivity index (χ3v) is 2.31. The van der Waals surface area contributed by atoms with Crippen molar-refractivity contribution in [1.29, 1.82) is 0 Å². The Bertz CT molecular complexity index is 465. The second kappa shape index (κ2) is 6.89. The molecule has 1 atom stereocenters. The quantitative estimate of drug-likeness (QED) is 0.812. The van der Waals surface area contributed by atoms with Crippen molar-refractivity contribution in [3.63, 3.8) is 0 Å². The molecule has 1 N–H and O–H groups in total. The van der Waals surface area contributed by atoms with Gasteiger partial charge in [-0.1, -0.05) is 0 Å². The van der Waals surface area contributed by atoms with E-state index in [2.05, 4.69) is 0 Å². The topological polar surface area (TPSA) is 72.8 Å². The normalized spacial score (nSPS) is 11.8. The average molecular weight is 266 g/mol. The van der Waals surface area contributed by atoms with Gasteiger partial charge in [-0.05, 0) is 32.9 Å². The molecule has 1 aromatic carbocycles. The first-order valence-electron chi connectivity index (χ1n) is 5.96. The summed E-state index contributed by atoms with van der Waals surface area (Å²) in [4.78, 5) is 21.8. The van der Waals surface area contributed by atoms with Crippen molar-refractivity contribution in [1.82, 2.24) is 0 Å². The molecule has 0 saturated carbocycles. The van der Waals surface area contributed by atoms with Crippen molar-refractivity contribution in [2.24, 2.45) is 0 Å². The summed E-state index contributed by atoms with van der Waals surface area (Å²) in [6.45, 7) is 4.34. The molecule has 0 aromatic heterocycles. The van der Waals surface area contributed by atoms with Gasteiger partial charge in [-0.25, -0.2) is 0 Å². The van der Waals surface area contributed by atoms with Crippen LogP contribution < -0.4 is 9.47 Å². The predicted molar refractivity (Wildman–Crippen MR) is 69.4 cm³/mol. The largest absolute Gasteiger partial charge is 0.486 e. The van der Waals surface area contributed by atoms with Gasteiger partial charge in [0.15, 0.2) is 11.6 Å². The highest BCUT2D eigenvalue weighted by Gasteiger charge is 2.12. The van der Waals surface area contributed by atoms with Crippen molar-refractivity contribution in [2.75, 3.05) is 13.2 Å². The first-order valence-corrected chi connectivity index (χ1v) is 5.96. The molecule has 104 valence electrons. The highest BCUT2D eigenvalue weighted by atomic mass is 16.5. The van der Waals surface area contributed by atoms with E-state index in [0.29, 0.717) is 17.1 Å². The standard InChI is InChI=1S/C14H18O5/c1-9(15)7-18-12-4-5-13(11(3)17)14(6-12)19-8-10(2)16/h4-6,11,17H,7-8H2,1-3H3. The zero-order valence-corrected chi connectivity index (χ0v) is 11.3. The van der Waals surface area contributed by atoms with E-state index in [1.54, 1.807) is 25.1 Å². The maximum atomic E-state index is 10.9. The highest BCUT2D eigenvalue weighted by molar-refractivity contribution is 5.77. The summed E-state index contributed by atoms with van der Waals surface area (Å²) in [5.74, 6) is 0.627. The Labute approximate surface area is 112 Å². The molecule has 19 heavy (non-hydrogen) atoms. The summed E-state index contributed by atoms with van der Waals surface area (Å²) in [6, 6.07) is 4.86. The first kappa shape index (κ1) is 15.2. The first-order chi connectivity index (χ1) is 8.90. The van der Waals surface area contributed by atoms with E-state index in [1.807, 2.05) is 0 Å². The minimum absolute atomic E-state index is 0.0276. The summed E-state index contributed by atoms with van der Waals surface area (Å²) in [5.41, 5.74) is 0.566. The van der Waals surface area contributed by atoms with Crippen LogP contribution in [0.25, 0.3) is 0 Å². The van der Waals surface area contributed by atoms with E-state index in [1.165, 1.54) is 13.8 Å². The smallest absolute Gasteiger partial charge is 0.167 e. The van der Waals surface area contributed by atoms with Gasteiger partial charge >= 0.3 is 0 Å². The molecule has 0 aliphatic heterocycles. The number of hydrogen-bond donors (Lipinski definition) is 1. The van der Waals surface area contributed by atoms with Crippen LogP contribution in [0.1, 0.15) is 32.4 Å². The molecule has 0 bridgehead atoms. The summed E-state index contributed by atoms with van der Waals surface area (Å²) >= 11 is 0. The minimum Gasteiger partial charge on any atom is -0.486 e. The molecule has 5 heteroatoms. The lowest BCUT2D eigenvalue weighted by atomic mass is 10.1. The number of aliphatic hydroxyl groups is 1. The molecule has 0 heterocycles. The Morgan fingerprint density at radius 2 is 1.74 bits per heavy atom. The van der Waals surface area contributed by atoms with Gasteiger partial charge in [-0.15, -0.1) is 0 Å². The highest BCUT2D eigenvalue weighted by Crippen LogP contribution is 2.29. The molecule has 0 fully saturated rings. The number of benzene rings is 1. The van der Waals surface area contributed by atoms with E-state index in [-0.39, 0.29) is 24.8 Å². The van der Waals surface area contributed by atoms with Gasteiger partial charge in [0.2, 0.25) is 0 Å². The molecular weight excluding hydrogens is 248 g/mol. The summed E-state index contributed by atoms with van der Waals surface area (Å²) in [6.07, 6.45) is -0.719. The molecule has 5 nitrogen and oxygen atoms in total. The van der Waals surface area contributed by atoms with Crippen LogP contribution in [0.4, 0.5) is 0 Å². The van der Waals surface area contributed by atoms with Crippen molar-refractivity contribution in [3.8, 4) is 11.5 Å². The van der Waals surface area contributed by atoms with E-state index in [9.17, 15) is 14.7 Å². The zero-order chi connectivity index (χ0) is 14.4. The van der Waals surface area contributed by atoms with Crippen LogP contribution in [0, 0.1) is 0 Å². The fraction of sp³-hybridized carbons (Fsp3) is 0.429. The number of ether oxygens (including phenoxy) is 2. The molecule has 0 radical (unpaired) electrons. The van der Waals surface area contributed by atoms with E-state index in [4.69, 9.17) is 9.47 Å². The lowest BCUT2D eigenvalue weighted by Crippen LogP contribution is -2.10. The van der Waals surface area contributed by atoms with E-state index >= 15 is 0 Å². The monoisotopic (exact) mass is 266 g/mol. The second-order valence-electron chi connectivity index (χ2n) is 4.36. The molecule has 0 aliphatic carbocycles. The molecule has 0 saturated heterocycles. The van der Waals surface area contributed by atoms with Crippen LogP contribution in [0.5, 0.6) is 11.5 Å². The van der Waals surface area contributed by atoms with Gasteiger partial charge in [0.25, 0.3) is 0 Å². The van der Waals surface area contributed by atoms with Gasteiger partial charge in [-0.2, -0.15) is 0 Å². The molecule has 0 aliphatic rings. The molecule has 1 aromatic rings. The summed E-state index contributed by atoms with van der Waals surface area (Å²) in [5, 5.41) is 9.62. The SMILES string of the molecule is CC(=O)COc1ccc(C(C)O)c(OCC(C)=O)c1. The number of carbonyl (C=O) groups is 2. The van der Waals surface area contributed by atoms with Crippen LogP contribution in [0.15, 0.2) is 18.2 Å². The maximum absolute atomic E-state index is 10.9. The number of hydrogen-bond acceptors (Lipinski definition) is 5. The van der Waals surface area contributed by atoms with Crippen LogP contribution in [-0.2, 0) is 9.59 Å². The average Bonchev–Trinajstić information content (AvgIpc) is 2.33. The number of carbonyl (C=O) groups excluding carboxylic acids is 2. The van der Waals surface area contributed by atoms with Crippen molar-refractivity contribution in [3.05, 3.63) is 23.8 Å². The van der Waals surface area contributed by atoms with Crippen molar-refractivity contribution < 1.29 is 24.2 Å². The Morgan fingerprint density at radius 3 is 2.26 bits per heavy atom. The van der Waals surface area contributed by atoms with Crippen molar-refractivity contribution in [2.45, 2.75) is 26.9 Å². The lowest BCUT2D eigenvalue weighted by Gasteiger charge is -2.14. The van der Waals surface area contributed by atoms with Gasteiger partial charge in [0.1, 0.15) is 24.7 Å². The van der Waals surface area contributed by atoms with Crippen LogP contribution in [0.2, 0.25) is 0 Å². The van der Waals surface area contributed by atoms with E-state index in [0.717, 1.165) is 0 Å². The Morgan fingerprint density at radius 1 is 1.16 bits per heavy atom. The van der Waals surface area contributed by atoms with E-state index < -0.39 is 6.10 Å². The number of ketones is 2. The third-order valence-electron chi connectivity index (χ3n) is 2.31. The Kier molecular flexibility index (Phi) is 5.51. The zero-order valence-electron chi connectivity index (χ0n) is 11.3. The Hall–Kier alpha value is -1.88. The fourth-order valence-electron chi connectivity index (χ4n) is 1.44. The second-order valence-corrected chi connectivity index (χ2v) is 4.36. The molecule has 1 unspecified atom stereocenters. The number of aliphatic hydroxyl groups excluding tert-OH is 1. The number of rotatable bonds is 7. The van der Waals surface area contributed by atoms with Crippen LogP contribution in [-0.4, -0.2) is 29.9 Å². The van der Waals surface area contributed by atoms with Crippen LogP contribution in [0.3, 0.4) is 0 Å². The predicted octanol–water partition coefficient (Wildman–Crippen LogP) is 1.68. The minimum atomic E-state index is -0.719. The fourth-order valence-corrected chi connectivity index (χ4v) is 1.44. The van der Waals surface area contributed by atoms with Gasteiger partial charge in [-0.3, -0.25) is 9.59 Å². The third kappa shape index (κ3) is 5.09. The molecular formula is C14H18O5. The maximum Gasteiger partial charge on any atom is 0.167 e. The van der Waals surface area contributed by atoms with Gasteiger partial charge < -0.3 is 14.6 Å². The van der Waals surface area contributed by atoms with Gasteiger partial charge in [0, 0.05) is 11.6 Å². The Balaban J connectivity index is 2.90. The van der Waals surface area contributed by atoms with Crippen LogP contribution >= 0.6 is 0 Å². The summed E-state index contributed by atoms with van der Waals surface area (Å²) < 4.78 is 10.6. The number of Topliss-reactive ketones (excluding diaryl/α,β-unsaturated/α-hetero) is 2. The van der Waals surface area contributed by atoms with Gasteiger partial charge in [0.05, 0.1) is 6.10 Å². The molecule has 1 rings (SSSR count). The summed E-state index contributed by atoms with van der Waals surface area (Å²) in [7, 11) is 0.